The molecule has 2 saturated heterocycles. The van der Waals surface area contributed by atoms with E-state index in [0.29, 0.717) is 25.2 Å². The molecule has 6 aromatic rings. The summed E-state index contributed by atoms with van der Waals surface area (Å²) in [6.07, 6.45) is 7.11. The number of likely N-dealkylation sites (tertiary alicyclic amines) is 2. The maximum absolute atomic E-state index is 12.4. The normalized spacial score (nSPS) is 16.3. The lowest BCUT2D eigenvalue weighted by Crippen LogP contribution is -2.43. The Kier molecular flexibility index (Phi) is 11.9. The first-order chi connectivity index (χ1) is 25.8. The number of fused-ring (bicyclic) bond motifs is 2. The molecule has 53 heavy (non-hydrogen) atoms. The second-order valence-corrected chi connectivity index (χ2v) is 15.3. The van der Waals surface area contributed by atoms with E-state index in [2.05, 4.69) is 30.2 Å². The molecule has 2 aliphatic rings. The molecular formula is C40H49N9O3S. The van der Waals surface area contributed by atoms with Crippen molar-refractivity contribution in [3.8, 4) is 10.6 Å². The van der Waals surface area contributed by atoms with Crippen LogP contribution in [0.3, 0.4) is 0 Å². The lowest BCUT2D eigenvalue weighted by molar-refractivity contribution is 0.191. The van der Waals surface area contributed by atoms with Crippen molar-refractivity contribution in [1.82, 2.24) is 39.4 Å². The van der Waals surface area contributed by atoms with Crippen molar-refractivity contribution in [2.24, 2.45) is 5.73 Å². The third-order valence-corrected chi connectivity index (χ3v) is 11.3. The predicted molar refractivity (Wildman–Crippen MR) is 211 cm³/mol. The highest BCUT2D eigenvalue weighted by molar-refractivity contribution is 7.13. The van der Waals surface area contributed by atoms with Crippen LogP contribution in [0.4, 0.5) is 0 Å². The molecule has 0 aliphatic carbocycles. The summed E-state index contributed by atoms with van der Waals surface area (Å²) in [6, 6.07) is 19.0. The number of hydrogen-bond acceptors (Lipinski definition) is 11. The molecule has 0 atom stereocenters. The molecule has 0 spiro atoms. The number of aromatic nitrogens is 5. The molecule has 0 amide bonds. The van der Waals surface area contributed by atoms with Gasteiger partial charge in [0.2, 0.25) is 0 Å². The SMILES string of the molecule is Cc1ccc2ncc(=O)n(CCN3CCC(N)CC3)c2c1.Cc1ccc2ncc(=O)n(CCN3CCC(NCc4cc(-c5cccs5)on4)CC3)c2c1. The van der Waals surface area contributed by atoms with Crippen LogP contribution in [0.15, 0.2) is 86.5 Å². The molecule has 0 saturated carbocycles. The average molecular weight is 736 g/mol. The van der Waals surface area contributed by atoms with Crippen molar-refractivity contribution in [3.05, 3.63) is 110 Å². The van der Waals surface area contributed by atoms with Crippen molar-refractivity contribution in [2.75, 3.05) is 39.3 Å². The number of benzene rings is 2. The van der Waals surface area contributed by atoms with E-state index in [4.69, 9.17) is 10.3 Å². The first kappa shape index (κ1) is 36.8. The van der Waals surface area contributed by atoms with Crippen molar-refractivity contribution in [2.45, 2.75) is 71.2 Å². The van der Waals surface area contributed by atoms with Gasteiger partial charge in [0.05, 0.1) is 45.0 Å². The zero-order chi connectivity index (χ0) is 36.7. The Morgan fingerprint density at radius 3 is 1.89 bits per heavy atom. The molecule has 12 nitrogen and oxygen atoms in total. The largest absolute Gasteiger partial charge is 0.355 e. The average Bonchev–Trinajstić information content (AvgIpc) is 3.88. The van der Waals surface area contributed by atoms with Gasteiger partial charge in [-0.25, -0.2) is 9.97 Å². The summed E-state index contributed by atoms with van der Waals surface area (Å²) < 4.78 is 9.16. The van der Waals surface area contributed by atoms with Gasteiger partial charge in [-0.1, -0.05) is 23.4 Å². The van der Waals surface area contributed by atoms with Gasteiger partial charge in [0.1, 0.15) is 0 Å². The van der Waals surface area contributed by atoms with Crippen LogP contribution in [-0.2, 0) is 19.6 Å². The second-order valence-electron chi connectivity index (χ2n) is 14.3. The maximum Gasteiger partial charge on any atom is 0.269 e. The van der Waals surface area contributed by atoms with Gasteiger partial charge in [-0.2, -0.15) is 0 Å². The maximum atomic E-state index is 12.4. The monoisotopic (exact) mass is 735 g/mol. The fraction of sp³-hybridized carbons (Fsp3) is 0.425. The zero-order valence-electron chi connectivity index (χ0n) is 30.6. The zero-order valence-corrected chi connectivity index (χ0v) is 31.4. The summed E-state index contributed by atoms with van der Waals surface area (Å²) in [5.74, 6) is 0.834. The van der Waals surface area contributed by atoms with Crippen molar-refractivity contribution in [3.63, 3.8) is 0 Å². The van der Waals surface area contributed by atoms with Crippen LogP contribution in [0.5, 0.6) is 0 Å². The third kappa shape index (κ3) is 9.35. The molecular weight excluding hydrogens is 687 g/mol. The van der Waals surface area contributed by atoms with Crippen LogP contribution >= 0.6 is 11.3 Å². The Hall–Kier alpha value is -4.53. The van der Waals surface area contributed by atoms with E-state index in [-0.39, 0.29) is 11.1 Å². The molecule has 2 aliphatic heterocycles. The van der Waals surface area contributed by atoms with E-state index >= 15 is 0 Å². The van der Waals surface area contributed by atoms with E-state index < -0.39 is 0 Å². The number of nitrogens with two attached hydrogens (primary N) is 1. The Bertz CT molecular complexity index is 2230. The van der Waals surface area contributed by atoms with Crippen LogP contribution in [-0.4, -0.2) is 85.4 Å². The highest BCUT2D eigenvalue weighted by atomic mass is 32.1. The highest BCUT2D eigenvalue weighted by Gasteiger charge is 2.20. The van der Waals surface area contributed by atoms with Gasteiger partial charge in [0.25, 0.3) is 11.1 Å². The number of rotatable bonds is 10. The second kappa shape index (κ2) is 17.1. The first-order valence-corrected chi connectivity index (χ1v) is 19.5. The Morgan fingerprint density at radius 2 is 1.34 bits per heavy atom. The predicted octanol–water partition coefficient (Wildman–Crippen LogP) is 4.80. The lowest BCUT2D eigenvalue weighted by atomic mass is 10.0. The number of thiophene rings is 1. The fourth-order valence-corrected chi connectivity index (χ4v) is 7.88. The molecule has 278 valence electrons. The first-order valence-electron chi connectivity index (χ1n) is 18.6. The topological polar surface area (TPSA) is 140 Å². The standard InChI is InChI=1S/C24H27N5O2S.C16H22N4O/c1-17-4-5-20-21(13-17)29(24(30)16-26-20)11-10-28-8-6-18(7-9-28)25-15-19-14-22(31-27-19)23-3-2-12-32-23;1-12-2-3-14-15(10-12)20(16(21)11-18-14)9-8-19-6-4-13(17)5-7-19/h2-5,12-14,16,18,25H,6-11,15H2,1H3;2-3,10-11,13H,4-9,17H2,1H3. The molecule has 8 rings (SSSR count). The van der Waals surface area contributed by atoms with Crippen LogP contribution in [0.1, 0.15) is 42.5 Å². The molecule has 13 heteroatoms. The number of aryl methyl sites for hydroxylation is 2. The van der Waals surface area contributed by atoms with Crippen LogP contribution in [0.25, 0.3) is 32.7 Å². The Labute approximate surface area is 313 Å². The number of nitrogens with one attached hydrogen (secondary N) is 1. The summed E-state index contributed by atoms with van der Waals surface area (Å²) in [5, 5.41) is 9.86. The van der Waals surface area contributed by atoms with Crippen molar-refractivity contribution >= 4 is 33.4 Å². The molecule has 0 unspecified atom stereocenters. The summed E-state index contributed by atoms with van der Waals surface area (Å²) in [6.45, 7) is 12.0. The summed E-state index contributed by atoms with van der Waals surface area (Å²) >= 11 is 1.66. The number of nitrogens with zero attached hydrogens (tertiary/aromatic N) is 7. The van der Waals surface area contributed by atoms with E-state index in [9.17, 15) is 9.59 Å². The van der Waals surface area contributed by atoms with Gasteiger partial charge in [0.15, 0.2) is 5.76 Å². The third-order valence-electron chi connectivity index (χ3n) is 10.4. The van der Waals surface area contributed by atoms with Gasteiger partial charge < -0.3 is 34.5 Å². The van der Waals surface area contributed by atoms with E-state index in [1.165, 1.54) is 12.4 Å². The fourth-order valence-electron chi connectivity index (χ4n) is 7.20. The number of hydrogen-bond donors (Lipinski definition) is 2. The van der Waals surface area contributed by atoms with Crippen molar-refractivity contribution in [1.29, 1.82) is 0 Å². The summed E-state index contributed by atoms with van der Waals surface area (Å²) in [4.78, 5) is 39.0. The van der Waals surface area contributed by atoms with Crippen LogP contribution < -0.4 is 22.2 Å². The minimum atomic E-state index is -0.0332. The van der Waals surface area contributed by atoms with Gasteiger partial charge in [-0.15, -0.1) is 11.3 Å². The summed E-state index contributed by atoms with van der Waals surface area (Å²) in [5.41, 5.74) is 12.7. The van der Waals surface area contributed by atoms with E-state index in [1.54, 1.807) is 11.3 Å². The minimum Gasteiger partial charge on any atom is -0.355 e. The molecule has 3 N–H and O–H groups in total. The highest BCUT2D eigenvalue weighted by Crippen LogP contribution is 2.25. The van der Waals surface area contributed by atoms with Crippen molar-refractivity contribution < 1.29 is 4.52 Å². The van der Waals surface area contributed by atoms with Crippen LogP contribution in [0.2, 0.25) is 0 Å². The van der Waals surface area contributed by atoms with E-state index in [1.807, 2.05) is 83.0 Å². The van der Waals surface area contributed by atoms with Crippen LogP contribution in [0, 0.1) is 13.8 Å². The molecule has 0 bridgehead atoms. The Morgan fingerprint density at radius 1 is 0.774 bits per heavy atom. The summed E-state index contributed by atoms with van der Waals surface area (Å²) in [7, 11) is 0. The van der Waals surface area contributed by atoms with Gasteiger partial charge in [0, 0.05) is 50.9 Å². The minimum absolute atomic E-state index is 0.0261. The molecule has 0 radical (unpaired) electrons. The quantitative estimate of drug-likeness (QED) is 0.202. The Balaban J connectivity index is 0.000000179. The van der Waals surface area contributed by atoms with E-state index in [0.717, 1.165) is 121 Å². The van der Waals surface area contributed by atoms with Gasteiger partial charge in [-0.3, -0.25) is 9.59 Å². The molecule has 2 aromatic carbocycles. The molecule has 4 aromatic heterocycles. The molecule has 2 fully saturated rings. The van der Waals surface area contributed by atoms with Gasteiger partial charge in [-0.05, 0) is 113 Å². The molecule has 6 heterocycles. The lowest BCUT2D eigenvalue weighted by Gasteiger charge is -2.32. The smallest absolute Gasteiger partial charge is 0.269 e. The number of piperidine rings is 2. The van der Waals surface area contributed by atoms with Gasteiger partial charge >= 0.3 is 0 Å².